The maximum Gasteiger partial charge on any atom is 0.253 e. The summed E-state index contributed by atoms with van der Waals surface area (Å²) in [4.78, 5) is 27.1. The van der Waals surface area contributed by atoms with E-state index in [1.807, 2.05) is 0 Å². The van der Waals surface area contributed by atoms with Gasteiger partial charge in [0.1, 0.15) is 6.61 Å². The number of carbonyl (C=O) groups is 2. The highest BCUT2D eigenvalue weighted by Gasteiger charge is 2.40. The Kier molecular flexibility index (Phi) is 4.30. The Hall–Kier alpha value is -1.59. The lowest BCUT2D eigenvalue weighted by Gasteiger charge is -2.39. The summed E-state index contributed by atoms with van der Waals surface area (Å²) in [7, 11) is 5.02. The zero-order valence-electron chi connectivity index (χ0n) is 11.7. The van der Waals surface area contributed by atoms with Crippen molar-refractivity contribution in [3.8, 4) is 0 Å². The standard InChI is InChI=1S/C14H17ClN2O3/c1-16(2)14(19)13-12(17(3)11(18)8-20-13)9-4-6-10(15)7-5-9/h4-7,12-13H,8H2,1-3H3/t12-,13-/m1/s1. The second kappa shape index (κ2) is 5.81. The van der Waals surface area contributed by atoms with Crippen LogP contribution in [-0.4, -0.2) is 55.5 Å². The van der Waals surface area contributed by atoms with Crippen LogP contribution in [-0.2, 0) is 14.3 Å². The van der Waals surface area contributed by atoms with Crippen LogP contribution in [0.1, 0.15) is 11.6 Å². The summed E-state index contributed by atoms with van der Waals surface area (Å²) in [6.07, 6.45) is -0.700. The van der Waals surface area contributed by atoms with E-state index in [-0.39, 0.29) is 18.4 Å². The fraction of sp³-hybridized carbons (Fsp3) is 0.429. The van der Waals surface area contributed by atoms with Crippen molar-refractivity contribution < 1.29 is 14.3 Å². The summed E-state index contributed by atoms with van der Waals surface area (Å²) >= 11 is 5.88. The smallest absolute Gasteiger partial charge is 0.253 e. The molecule has 1 aliphatic rings. The lowest BCUT2D eigenvalue weighted by atomic mass is 9.97. The first-order valence-electron chi connectivity index (χ1n) is 6.25. The van der Waals surface area contributed by atoms with Gasteiger partial charge in [-0.15, -0.1) is 0 Å². The highest BCUT2D eigenvalue weighted by Crippen LogP contribution is 2.30. The highest BCUT2D eigenvalue weighted by atomic mass is 35.5. The average molecular weight is 297 g/mol. The van der Waals surface area contributed by atoms with Crippen LogP contribution >= 0.6 is 11.6 Å². The molecule has 2 atom stereocenters. The summed E-state index contributed by atoms with van der Waals surface area (Å²) < 4.78 is 5.47. The molecule has 0 saturated carbocycles. The fourth-order valence-electron chi connectivity index (χ4n) is 2.23. The monoisotopic (exact) mass is 296 g/mol. The van der Waals surface area contributed by atoms with Gasteiger partial charge in [-0.3, -0.25) is 9.59 Å². The van der Waals surface area contributed by atoms with Gasteiger partial charge in [-0.2, -0.15) is 0 Å². The van der Waals surface area contributed by atoms with Crippen LogP contribution in [0, 0.1) is 0 Å². The van der Waals surface area contributed by atoms with E-state index in [0.29, 0.717) is 5.02 Å². The lowest BCUT2D eigenvalue weighted by Crippen LogP contribution is -2.52. The van der Waals surface area contributed by atoms with Crippen LogP contribution in [0.4, 0.5) is 0 Å². The summed E-state index contributed by atoms with van der Waals surface area (Å²) in [5.74, 6) is -0.308. The number of carbonyl (C=O) groups excluding carboxylic acids is 2. The van der Waals surface area contributed by atoms with Crippen molar-refractivity contribution >= 4 is 23.4 Å². The zero-order chi connectivity index (χ0) is 14.9. The van der Waals surface area contributed by atoms with Gasteiger partial charge in [-0.25, -0.2) is 0 Å². The SMILES string of the molecule is CN(C)C(=O)[C@@H]1OCC(=O)N(C)[C@@H]1c1ccc(Cl)cc1. The van der Waals surface area contributed by atoms with Crippen LogP contribution in [0.3, 0.4) is 0 Å². The molecule has 0 N–H and O–H groups in total. The largest absolute Gasteiger partial charge is 0.356 e. The minimum Gasteiger partial charge on any atom is -0.356 e. The van der Waals surface area contributed by atoms with Crippen LogP contribution in [0.15, 0.2) is 24.3 Å². The van der Waals surface area contributed by atoms with Crippen molar-refractivity contribution in [2.24, 2.45) is 0 Å². The van der Waals surface area contributed by atoms with Crippen LogP contribution in [0.25, 0.3) is 0 Å². The van der Waals surface area contributed by atoms with Crippen LogP contribution < -0.4 is 0 Å². The molecule has 0 spiro atoms. The second-order valence-electron chi connectivity index (χ2n) is 4.97. The number of halogens is 1. The van der Waals surface area contributed by atoms with Gasteiger partial charge in [0.05, 0.1) is 6.04 Å². The Balaban J connectivity index is 2.37. The van der Waals surface area contributed by atoms with Gasteiger partial charge in [0.15, 0.2) is 6.10 Å². The molecule has 0 aromatic heterocycles. The van der Waals surface area contributed by atoms with E-state index < -0.39 is 12.1 Å². The molecule has 2 rings (SSSR count). The van der Waals surface area contributed by atoms with Crippen molar-refractivity contribution in [2.45, 2.75) is 12.1 Å². The van der Waals surface area contributed by atoms with E-state index in [4.69, 9.17) is 16.3 Å². The number of likely N-dealkylation sites (N-methyl/N-ethyl adjacent to an activating group) is 2. The molecule has 0 unspecified atom stereocenters. The van der Waals surface area contributed by atoms with Crippen LogP contribution in [0.5, 0.6) is 0 Å². The van der Waals surface area contributed by atoms with Gasteiger partial charge in [0.2, 0.25) is 5.91 Å². The second-order valence-corrected chi connectivity index (χ2v) is 5.40. The lowest BCUT2D eigenvalue weighted by molar-refractivity contribution is -0.166. The molecule has 0 bridgehead atoms. The molecular weight excluding hydrogens is 280 g/mol. The third-order valence-corrected chi connectivity index (χ3v) is 3.63. The Morgan fingerprint density at radius 1 is 1.35 bits per heavy atom. The summed E-state index contributed by atoms with van der Waals surface area (Å²) in [6.45, 7) is -0.0785. The Bertz CT molecular complexity index is 516. The van der Waals surface area contributed by atoms with Gasteiger partial charge in [-0.05, 0) is 17.7 Å². The molecule has 5 nitrogen and oxygen atoms in total. The quantitative estimate of drug-likeness (QED) is 0.827. The number of amides is 2. The first kappa shape index (κ1) is 14.8. The van der Waals surface area contributed by atoms with E-state index in [0.717, 1.165) is 5.56 Å². The molecule has 2 amide bonds. The van der Waals surface area contributed by atoms with Crippen molar-refractivity contribution in [1.29, 1.82) is 0 Å². The first-order chi connectivity index (χ1) is 9.41. The van der Waals surface area contributed by atoms with Crippen LogP contribution in [0.2, 0.25) is 5.02 Å². The number of ether oxygens (including phenoxy) is 1. The number of morpholine rings is 1. The first-order valence-corrected chi connectivity index (χ1v) is 6.63. The summed E-state index contributed by atoms with van der Waals surface area (Å²) in [6, 6.07) is 6.65. The molecule has 6 heteroatoms. The number of benzene rings is 1. The number of nitrogens with zero attached hydrogens (tertiary/aromatic N) is 2. The molecular formula is C14H17ClN2O3. The van der Waals surface area contributed by atoms with Gasteiger partial charge < -0.3 is 14.5 Å². The van der Waals surface area contributed by atoms with Crippen molar-refractivity contribution in [2.75, 3.05) is 27.7 Å². The number of hydrogen-bond donors (Lipinski definition) is 0. The van der Waals surface area contributed by atoms with E-state index in [1.165, 1.54) is 4.90 Å². The molecule has 1 heterocycles. The predicted molar refractivity (Wildman–Crippen MR) is 75.4 cm³/mol. The number of hydrogen-bond acceptors (Lipinski definition) is 3. The predicted octanol–water partition coefficient (Wildman–Crippen LogP) is 1.33. The zero-order valence-corrected chi connectivity index (χ0v) is 12.4. The molecule has 20 heavy (non-hydrogen) atoms. The van der Waals surface area contributed by atoms with Gasteiger partial charge in [0.25, 0.3) is 5.91 Å². The van der Waals surface area contributed by atoms with Crippen molar-refractivity contribution in [1.82, 2.24) is 9.80 Å². The van der Waals surface area contributed by atoms with Gasteiger partial charge in [-0.1, -0.05) is 23.7 Å². The normalized spacial score (nSPS) is 22.8. The highest BCUT2D eigenvalue weighted by molar-refractivity contribution is 6.30. The third-order valence-electron chi connectivity index (χ3n) is 3.38. The molecule has 0 aliphatic carbocycles. The summed E-state index contributed by atoms with van der Waals surface area (Å²) in [5.41, 5.74) is 0.824. The number of rotatable bonds is 2. The van der Waals surface area contributed by atoms with Gasteiger partial charge in [0, 0.05) is 26.2 Å². The maximum absolute atomic E-state index is 12.2. The molecule has 0 radical (unpaired) electrons. The topological polar surface area (TPSA) is 49.9 Å². The summed E-state index contributed by atoms with van der Waals surface area (Å²) in [5, 5.41) is 0.606. The minimum atomic E-state index is -0.700. The Morgan fingerprint density at radius 2 is 1.95 bits per heavy atom. The molecule has 1 aromatic rings. The molecule has 1 aromatic carbocycles. The van der Waals surface area contributed by atoms with Crippen molar-refractivity contribution in [3.05, 3.63) is 34.9 Å². The van der Waals surface area contributed by atoms with E-state index in [1.54, 1.807) is 50.3 Å². The Morgan fingerprint density at radius 3 is 2.50 bits per heavy atom. The maximum atomic E-state index is 12.2. The fourth-order valence-corrected chi connectivity index (χ4v) is 2.36. The average Bonchev–Trinajstić information content (AvgIpc) is 2.42. The molecule has 1 aliphatic heterocycles. The third kappa shape index (κ3) is 2.78. The molecule has 108 valence electrons. The van der Waals surface area contributed by atoms with Crippen molar-refractivity contribution in [3.63, 3.8) is 0 Å². The van der Waals surface area contributed by atoms with E-state index in [2.05, 4.69) is 0 Å². The van der Waals surface area contributed by atoms with E-state index in [9.17, 15) is 9.59 Å². The van der Waals surface area contributed by atoms with Gasteiger partial charge >= 0.3 is 0 Å². The van der Waals surface area contributed by atoms with E-state index >= 15 is 0 Å². The molecule has 1 fully saturated rings. The minimum absolute atomic E-state index is 0.0785. The molecule has 1 saturated heterocycles. The Labute approximate surface area is 123 Å².